The van der Waals surface area contributed by atoms with Gasteiger partial charge >= 0.3 is 0 Å². The molecule has 1 aromatic rings. The zero-order valence-electron chi connectivity index (χ0n) is 7.80. The van der Waals surface area contributed by atoms with E-state index in [2.05, 4.69) is 4.89 Å². The molecule has 0 bridgehead atoms. The van der Waals surface area contributed by atoms with E-state index in [4.69, 9.17) is 21.2 Å². The third kappa shape index (κ3) is 4.15. The normalized spacial score (nSPS) is 12.4. The van der Waals surface area contributed by atoms with E-state index in [1.165, 1.54) is 0 Å². The molecule has 1 rings (SSSR count). The molecule has 0 amide bonds. The molecule has 3 nitrogen and oxygen atoms in total. The van der Waals surface area contributed by atoms with Crippen molar-refractivity contribution in [3.05, 3.63) is 29.8 Å². The summed E-state index contributed by atoms with van der Waals surface area (Å²) in [4.78, 5) is 4.01. The van der Waals surface area contributed by atoms with E-state index >= 15 is 0 Å². The highest BCUT2D eigenvalue weighted by Gasteiger charge is 1.95. The molecule has 5 heteroatoms. The van der Waals surface area contributed by atoms with Gasteiger partial charge in [-0.3, -0.25) is 5.26 Å². The molecule has 0 aliphatic carbocycles. The second-order valence-corrected chi connectivity index (χ2v) is 5.84. The van der Waals surface area contributed by atoms with Crippen LogP contribution in [-0.4, -0.2) is 17.5 Å². The maximum Gasteiger partial charge on any atom is 0.138 e. The predicted molar refractivity (Wildman–Crippen MR) is 60.0 cm³/mol. The third-order valence-corrected chi connectivity index (χ3v) is 2.28. The minimum Gasteiger partial charge on any atom is -0.483 e. The summed E-state index contributed by atoms with van der Waals surface area (Å²) in [5, 5.41) is 8.22. The smallest absolute Gasteiger partial charge is 0.138 e. The largest absolute Gasteiger partial charge is 0.483 e. The predicted octanol–water partition coefficient (Wildman–Crippen LogP) is 1.72. The average molecular weight is 232 g/mol. The van der Waals surface area contributed by atoms with Gasteiger partial charge in [-0.1, -0.05) is 21.6 Å². The van der Waals surface area contributed by atoms with E-state index in [9.17, 15) is 0 Å². The fourth-order valence-electron chi connectivity index (χ4n) is 0.907. The number of hydrogen-bond acceptors (Lipinski definition) is 4. The fourth-order valence-corrected chi connectivity index (χ4v) is 1.35. The van der Waals surface area contributed by atoms with Crippen molar-refractivity contribution in [3.8, 4) is 5.75 Å². The van der Waals surface area contributed by atoms with Gasteiger partial charge in [0.1, 0.15) is 18.3 Å². The number of benzene rings is 1. The maximum atomic E-state index is 8.22. The SMILES string of the molecule is CS(=S)COc1ccc(COO)cc1. The van der Waals surface area contributed by atoms with E-state index in [-0.39, 0.29) is 16.1 Å². The van der Waals surface area contributed by atoms with E-state index in [0.29, 0.717) is 5.94 Å². The first-order valence-electron chi connectivity index (χ1n) is 4.00. The van der Waals surface area contributed by atoms with E-state index < -0.39 is 0 Å². The van der Waals surface area contributed by atoms with Crippen LogP contribution < -0.4 is 4.74 Å². The first-order chi connectivity index (χ1) is 6.72. The van der Waals surface area contributed by atoms with Gasteiger partial charge in [0.15, 0.2) is 0 Å². The standard InChI is InChI=1S/C9H12O3S2/c1-14(13)7-11-9-4-2-8(3-5-9)6-12-10/h2-5,10H,6-7H2,1H3. The van der Waals surface area contributed by atoms with Gasteiger partial charge in [0.25, 0.3) is 0 Å². The monoisotopic (exact) mass is 232 g/mol. The zero-order valence-corrected chi connectivity index (χ0v) is 9.44. The van der Waals surface area contributed by atoms with E-state index in [1.54, 1.807) is 0 Å². The summed E-state index contributed by atoms with van der Waals surface area (Å²) in [5.74, 6) is 1.35. The van der Waals surface area contributed by atoms with Crippen LogP contribution in [0.2, 0.25) is 0 Å². The number of hydrogen-bond donors (Lipinski definition) is 1. The Hall–Kier alpha value is -0.490. The van der Waals surface area contributed by atoms with Gasteiger partial charge in [0, 0.05) is 0 Å². The molecule has 0 saturated heterocycles. The molecule has 0 radical (unpaired) electrons. The summed E-state index contributed by atoms with van der Waals surface area (Å²) in [6.07, 6.45) is 1.95. The molecule has 0 aliphatic rings. The first-order valence-corrected chi connectivity index (χ1v) is 6.73. The summed E-state index contributed by atoms with van der Waals surface area (Å²) in [5.41, 5.74) is 0.897. The average Bonchev–Trinajstić information content (AvgIpc) is 2.17. The first kappa shape index (κ1) is 11.6. The molecule has 0 aromatic heterocycles. The Kier molecular flexibility index (Phi) is 5.03. The van der Waals surface area contributed by atoms with Crippen molar-refractivity contribution < 1.29 is 14.9 Å². The minimum atomic E-state index is -0.128. The van der Waals surface area contributed by atoms with E-state index in [0.717, 1.165) is 11.3 Å². The molecule has 78 valence electrons. The van der Waals surface area contributed by atoms with Crippen LogP contribution in [0.3, 0.4) is 0 Å². The Morgan fingerprint density at radius 2 is 2.00 bits per heavy atom. The van der Waals surface area contributed by atoms with Crippen LogP contribution >= 0.6 is 0 Å². The lowest BCUT2D eigenvalue weighted by atomic mass is 10.2. The molecule has 1 N–H and O–H groups in total. The van der Waals surface area contributed by atoms with Crippen molar-refractivity contribution in [3.63, 3.8) is 0 Å². The molecule has 14 heavy (non-hydrogen) atoms. The second-order valence-electron chi connectivity index (χ2n) is 2.75. The van der Waals surface area contributed by atoms with Crippen LogP contribution in [0, 0.1) is 0 Å². The molecular formula is C9H12O3S2. The van der Waals surface area contributed by atoms with Crippen LogP contribution in [0.15, 0.2) is 24.3 Å². The summed E-state index contributed by atoms with van der Waals surface area (Å²) < 4.78 is 5.41. The third-order valence-electron chi connectivity index (χ3n) is 1.55. The van der Waals surface area contributed by atoms with Gasteiger partial charge in [-0.2, -0.15) is 0 Å². The lowest BCUT2D eigenvalue weighted by Gasteiger charge is -2.05. The Labute approximate surface area is 90.2 Å². The highest BCUT2D eigenvalue weighted by molar-refractivity contribution is 8.28. The molecule has 1 aromatic carbocycles. The summed E-state index contributed by atoms with van der Waals surface area (Å²) >= 11 is 5.00. The molecular weight excluding hydrogens is 220 g/mol. The van der Waals surface area contributed by atoms with Crippen LogP contribution in [0.1, 0.15) is 5.56 Å². The quantitative estimate of drug-likeness (QED) is 0.620. The van der Waals surface area contributed by atoms with Gasteiger partial charge < -0.3 is 4.74 Å². The second kappa shape index (κ2) is 6.08. The topological polar surface area (TPSA) is 38.7 Å². The van der Waals surface area contributed by atoms with Crippen LogP contribution in [0.4, 0.5) is 0 Å². The lowest BCUT2D eigenvalue weighted by molar-refractivity contribution is -0.253. The van der Waals surface area contributed by atoms with Gasteiger partial charge in [0.2, 0.25) is 0 Å². The molecule has 0 saturated carbocycles. The van der Waals surface area contributed by atoms with Gasteiger partial charge in [-0.05, 0) is 35.1 Å². The molecule has 1 unspecified atom stereocenters. The molecule has 0 aliphatic heterocycles. The Balaban J connectivity index is 2.50. The Bertz CT molecular complexity index is 297. The van der Waals surface area contributed by atoms with Gasteiger partial charge in [0.05, 0.1) is 0 Å². The molecule has 0 spiro atoms. The van der Waals surface area contributed by atoms with Crippen LogP contribution in [-0.2, 0) is 32.1 Å². The number of rotatable bonds is 5. The Morgan fingerprint density at radius 3 is 2.50 bits per heavy atom. The maximum absolute atomic E-state index is 8.22. The zero-order chi connectivity index (χ0) is 10.4. The lowest BCUT2D eigenvalue weighted by Crippen LogP contribution is -2.01. The van der Waals surface area contributed by atoms with Crippen molar-refractivity contribution in [2.75, 3.05) is 12.2 Å². The highest BCUT2D eigenvalue weighted by atomic mass is 32.8. The Morgan fingerprint density at radius 1 is 1.36 bits per heavy atom. The van der Waals surface area contributed by atoms with Crippen molar-refractivity contribution in [1.29, 1.82) is 0 Å². The molecule has 1 atom stereocenters. The van der Waals surface area contributed by atoms with Crippen LogP contribution in [0.5, 0.6) is 5.75 Å². The fraction of sp³-hybridized carbons (Fsp3) is 0.333. The molecule has 0 heterocycles. The number of ether oxygens (including phenoxy) is 1. The van der Waals surface area contributed by atoms with Crippen molar-refractivity contribution in [1.82, 2.24) is 0 Å². The van der Waals surface area contributed by atoms with Gasteiger partial charge in [-0.25, -0.2) is 4.89 Å². The van der Waals surface area contributed by atoms with Crippen molar-refractivity contribution in [2.45, 2.75) is 6.61 Å². The minimum absolute atomic E-state index is 0.128. The van der Waals surface area contributed by atoms with Crippen LogP contribution in [0.25, 0.3) is 0 Å². The highest BCUT2D eigenvalue weighted by Crippen LogP contribution is 2.12. The summed E-state index contributed by atoms with van der Waals surface area (Å²) in [7, 11) is -0.128. The molecule has 0 fully saturated rings. The van der Waals surface area contributed by atoms with Gasteiger partial charge in [-0.15, -0.1) is 0 Å². The van der Waals surface area contributed by atoms with Crippen molar-refractivity contribution in [2.24, 2.45) is 0 Å². The summed E-state index contributed by atoms with van der Waals surface area (Å²) in [6.45, 7) is 0.194. The summed E-state index contributed by atoms with van der Waals surface area (Å²) in [6, 6.07) is 7.33. The van der Waals surface area contributed by atoms with Crippen molar-refractivity contribution >= 4 is 20.6 Å². The van der Waals surface area contributed by atoms with E-state index in [1.807, 2.05) is 30.5 Å².